The van der Waals surface area contributed by atoms with Crippen molar-refractivity contribution in [2.75, 3.05) is 18.4 Å². The van der Waals surface area contributed by atoms with Crippen molar-refractivity contribution in [3.63, 3.8) is 0 Å². The smallest absolute Gasteiger partial charge is 0.288 e. The van der Waals surface area contributed by atoms with Gasteiger partial charge in [0.05, 0.1) is 10.6 Å². The lowest BCUT2D eigenvalue weighted by Crippen LogP contribution is -2.38. The van der Waals surface area contributed by atoms with Crippen LogP contribution >= 0.6 is 22.9 Å². The van der Waals surface area contributed by atoms with Crippen LogP contribution in [-0.2, 0) is 4.79 Å². The number of anilines is 1. The molecular formula is C21H19ClN4O4S. The molecule has 1 aromatic heterocycles. The fourth-order valence-electron chi connectivity index (χ4n) is 2.90. The normalized spacial score (nSPS) is 10.5. The Morgan fingerprint density at radius 1 is 1.23 bits per heavy atom. The number of nitro groups is 1. The number of amides is 2. The van der Waals surface area contributed by atoms with Crippen molar-refractivity contribution in [1.82, 2.24) is 9.88 Å². The van der Waals surface area contributed by atoms with Gasteiger partial charge in [-0.25, -0.2) is 4.98 Å². The van der Waals surface area contributed by atoms with Gasteiger partial charge in [0.25, 0.3) is 11.6 Å². The van der Waals surface area contributed by atoms with Gasteiger partial charge in [-0.1, -0.05) is 48.9 Å². The van der Waals surface area contributed by atoms with E-state index in [1.54, 1.807) is 0 Å². The van der Waals surface area contributed by atoms with Crippen LogP contribution < -0.4 is 5.32 Å². The number of aromatic nitrogens is 1. The summed E-state index contributed by atoms with van der Waals surface area (Å²) in [6, 6.07) is 13.4. The third kappa shape index (κ3) is 5.65. The lowest BCUT2D eigenvalue weighted by atomic mass is 10.1. The van der Waals surface area contributed by atoms with Crippen molar-refractivity contribution in [2.24, 2.45) is 0 Å². The van der Waals surface area contributed by atoms with E-state index >= 15 is 0 Å². The maximum absolute atomic E-state index is 12.9. The Morgan fingerprint density at radius 3 is 2.65 bits per heavy atom. The van der Waals surface area contributed by atoms with E-state index in [0.29, 0.717) is 18.1 Å². The summed E-state index contributed by atoms with van der Waals surface area (Å²) in [5.41, 5.74) is 1.42. The maximum atomic E-state index is 12.9. The van der Waals surface area contributed by atoms with Crippen LogP contribution in [0.25, 0.3) is 11.3 Å². The predicted molar refractivity (Wildman–Crippen MR) is 120 cm³/mol. The zero-order valence-corrected chi connectivity index (χ0v) is 18.2. The molecule has 160 valence electrons. The highest BCUT2D eigenvalue weighted by Crippen LogP contribution is 2.26. The van der Waals surface area contributed by atoms with Crippen molar-refractivity contribution < 1.29 is 14.5 Å². The molecule has 1 heterocycles. The molecule has 2 aromatic carbocycles. The quantitative estimate of drug-likeness (QED) is 0.383. The van der Waals surface area contributed by atoms with Crippen molar-refractivity contribution in [3.05, 3.63) is 74.6 Å². The van der Waals surface area contributed by atoms with Gasteiger partial charge in [-0.05, 0) is 18.6 Å². The van der Waals surface area contributed by atoms with E-state index in [1.165, 1.54) is 28.4 Å². The van der Waals surface area contributed by atoms with Crippen LogP contribution in [0.3, 0.4) is 0 Å². The van der Waals surface area contributed by atoms with Crippen LogP contribution in [-0.4, -0.2) is 39.7 Å². The summed E-state index contributed by atoms with van der Waals surface area (Å²) < 4.78 is 0. The number of benzene rings is 2. The Balaban J connectivity index is 1.70. The molecule has 0 aliphatic carbocycles. The molecule has 0 fully saturated rings. The van der Waals surface area contributed by atoms with Crippen LogP contribution in [0.5, 0.6) is 0 Å². The number of halogens is 1. The SMILES string of the molecule is CCCN(CC(=O)Nc1nc(-c2ccccc2)cs1)C(=O)c1ccc(Cl)c([N+](=O)[O-])c1. The average Bonchev–Trinajstić information content (AvgIpc) is 3.22. The number of nitrogens with one attached hydrogen (secondary N) is 1. The largest absolute Gasteiger partial charge is 0.329 e. The Bertz CT molecular complexity index is 1100. The van der Waals surface area contributed by atoms with Gasteiger partial charge in [-0.15, -0.1) is 11.3 Å². The van der Waals surface area contributed by atoms with Gasteiger partial charge in [0.2, 0.25) is 5.91 Å². The molecule has 31 heavy (non-hydrogen) atoms. The van der Waals surface area contributed by atoms with Crippen molar-refractivity contribution in [1.29, 1.82) is 0 Å². The summed E-state index contributed by atoms with van der Waals surface area (Å²) in [6.07, 6.45) is 0.615. The molecule has 0 saturated carbocycles. The Kier molecular flexibility index (Phi) is 7.32. The minimum atomic E-state index is -0.650. The standard InChI is InChI=1S/C21H19ClN4O4S/c1-2-10-25(20(28)15-8-9-16(22)18(11-15)26(29)30)12-19(27)24-21-23-17(13-31-21)14-6-4-3-5-7-14/h3-9,11,13H,2,10,12H2,1H3,(H,23,24,27). The summed E-state index contributed by atoms with van der Waals surface area (Å²) in [5.74, 6) is -0.889. The molecule has 1 N–H and O–H groups in total. The van der Waals surface area contributed by atoms with Crippen molar-refractivity contribution in [3.8, 4) is 11.3 Å². The van der Waals surface area contributed by atoms with Gasteiger partial charge >= 0.3 is 0 Å². The van der Waals surface area contributed by atoms with Gasteiger partial charge < -0.3 is 10.2 Å². The van der Waals surface area contributed by atoms with Crippen LogP contribution in [0.4, 0.5) is 10.8 Å². The Labute approximate surface area is 187 Å². The summed E-state index contributed by atoms with van der Waals surface area (Å²) in [4.78, 5) is 41.6. The Hall–Kier alpha value is -3.30. The lowest BCUT2D eigenvalue weighted by molar-refractivity contribution is -0.384. The van der Waals surface area contributed by atoms with Gasteiger partial charge in [-0.3, -0.25) is 19.7 Å². The number of nitrogens with zero attached hydrogens (tertiary/aromatic N) is 3. The topological polar surface area (TPSA) is 105 Å². The van der Waals surface area contributed by atoms with Crippen LogP contribution in [0.2, 0.25) is 5.02 Å². The zero-order chi connectivity index (χ0) is 22.4. The Morgan fingerprint density at radius 2 is 1.97 bits per heavy atom. The molecule has 0 spiro atoms. The highest BCUT2D eigenvalue weighted by Gasteiger charge is 2.22. The predicted octanol–water partition coefficient (Wildman–Crippen LogP) is 4.86. The average molecular weight is 459 g/mol. The van der Waals surface area contributed by atoms with E-state index in [4.69, 9.17) is 11.6 Å². The molecular weight excluding hydrogens is 440 g/mol. The van der Waals surface area contributed by atoms with Gasteiger partial charge in [0.15, 0.2) is 5.13 Å². The number of hydrogen-bond donors (Lipinski definition) is 1. The second-order valence-corrected chi connectivity index (χ2v) is 7.87. The van der Waals surface area contributed by atoms with Gasteiger partial charge in [-0.2, -0.15) is 0 Å². The molecule has 0 aliphatic heterocycles. The van der Waals surface area contributed by atoms with Gasteiger partial charge in [0.1, 0.15) is 11.6 Å². The van der Waals surface area contributed by atoms with E-state index in [0.717, 1.165) is 17.3 Å². The van der Waals surface area contributed by atoms with Crippen molar-refractivity contribution >= 4 is 45.6 Å². The summed E-state index contributed by atoms with van der Waals surface area (Å²) in [6.45, 7) is 1.98. The molecule has 2 amide bonds. The first-order chi connectivity index (χ1) is 14.9. The number of rotatable bonds is 8. The second-order valence-electron chi connectivity index (χ2n) is 6.60. The molecule has 0 atom stereocenters. The fraction of sp³-hybridized carbons (Fsp3) is 0.190. The molecule has 0 radical (unpaired) electrons. The van der Waals surface area contributed by atoms with Crippen LogP contribution in [0, 0.1) is 10.1 Å². The van der Waals surface area contributed by atoms with E-state index in [9.17, 15) is 19.7 Å². The van der Waals surface area contributed by atoms with Crippen molar-refractivity contribution in [2.45, 2.75) is 13.3 Å². The van der Waals surface area contributed by atoms with E-state index in [-0.39, 0.29) is 22.8 Å². The summed E-state index contributed by atoms with van der Waals surface area (Å²) in [5, 5.41) is 16.0. The molecule has 0 saturated heterocycles. The molecule has 10 heteroatoms. The van der Waals surface area contributed by atoms with Gasteiger partial charge in [0, 0.05) is 29.1 Å². The maximum Gasteiger partial charge on any atom is 0.288 e. The number of thiazole rings is 1. The molecule has 3 rings (SSSR count). The summed E-state index contributed by atoms with van der Waals surface area (Å²) >= 11 is 7.11. The van der Waals surface area contributed by atoms with E-state index in [2.05, 4.69) is 10.3 Å². The first-order valence-electron chi connectivity index (χ1n) is 9.43. The zero-order valence-electron chi connectivity index (χ0n) is 16.6. The minimum Gasteiger partial charge on any atom is -0.329 e. The monoisotopic (exact) mass is 458 g/mol. The number of nitro benzene ring substituents is 1. The second kappa shape index (κ2) is 10.1. The minimum absolute atomic E-state index is 0.0562. The fourth-order valence-corrected chi connectivity index (χ4v) is 3.82. The third-order valence-corrected chi connectivity index (χ3v) is 5.40. The highest BCUT2D eigenvalue weighted by molar-refractivity contribution is 7.14. The molecule has 0 unspecified atom stereocenters. The van der Waals surface area contributed by atoms with Crippen LogP contribution in [0.1, 0.15) is 23.7 Å². The first-order valence-corrected chi connectivity index (χ1v) is 10.7. The lowest BCUT2D eigenvalue weighted by Gasteiger charge is -2.21. The molecule has 0 aliphatic rings. The van der Waals surface area contributed by atoms with Crippen LogP contribution in [0.15, 0.2) is 53.9 Å². The third-order valence-electron chi connectivity index (χ3n) is 4.33. The van der Waals surface area contributed by atoms with E-state index in [1.807, 2.05) is 42.6 Å². The number of carbonyl (C=O) groups excluding carboxylic acids is 2. The van der Waals surface area contributed by atoms with E-state index < -0.39 is 16.7 Å². The number of carbonyl (C=O) groups is 2. The summed E-state index contributed by atoms with van der Waals surface area (Å²) in [7, 11) is 0. The first kappa shape index (κ1) is 22.4. The molecule has 8 nitrogen and oxygen atoms in total. The highest BCUT2D eigenvalue weighted by atomic mass is 35.5. The molecule has 0 bridgehead atoms. The molecule has 3 aromatic rings. The number of hydrogen-bond acceptors (Lipinski definition) is 6.